The van der Waals surface area contributed by atoms with Gasteiger partial charge in [0.1, 0.15) is 0 Å². The van der Waals surface area contributed by atoms with Crippen LogP contribution in [0.25, 0.3) is 0 Å². The molecule has 0 spiro atoms. The van der Waals surface area contributed by atoms with Gasteiger partial charge in [0, 0.05) is 12.3 Å². The van der Waals surface area contributed by atoms with E-state index in [9.17, 15) is 0 Å². The molecule has 5 heteroatoms. The molecule has 0 atom stereocenters. The van der Waals surface area contributed by atoms with Crippen molar-refractivity contribution < 1.29 is 9.47 Å². The monoisotopic (exact) mass is 361 g/mol. The van der Waals surface area contributed by atoms with E-state index >= 15 is 0 Å². The summed E-state index contributed by atoms with van der Waals surface area (Å²) >= 11 is 5.34. The van der Waals surface area contributed by atoms with Crippen LogP contribution in [-0.2, 0) is 6.54 Å². The molecule has 0 heterocycles. The molecule has 1 rings (SSSR count). The molecule has 0 aliphatic rings. The van der Waals surface area contributed by atoms with Crippen molar-refractivity contribution in [2.75, 3.05) is 32.3 Å². The second-order valence-corrected chi connectivity index (χ2v) is 6.81. The number of thioether (sulfide) groups is 1. The van der Waals surface area contributed by atoms with E-state index in [0.717, 1.165) is 34.8 Å². The Hall–Kier alpha value is -0.390. The largest absolute Gasteiger partial charge is 0.493 e. The van der Waals surface area contributed by atoms with Gasteiger partial charge < -0.3 is 14.8 Å². The van der Waals surface area contributed by atoms with E-state index in [1.807, 2.05) is 6.07 Å². The number of ether oxygens (including phenoxy) is 2. The zero-order chi connectivity index (χ0) is 15.0. The van der Waals surface area contributed by atoms with Gasteiger partial charge in [-0.2, -0.15) is 11.8 Å². The molecule has 114 valence electrons. The smallest absolute Gasteiger partial charge is 0.175 e. The van der Waals surface area contributed by atoms with Crippen molar-refractivity contribution in [3.8, 4) is 11.5 Å². The first-order valence-corrected chi connectivity index (χ1v) is 8.96. The Labute approximate surface area is 134 Å². The van der Waals surface area contributed by atoms with Crippen LogP contribution in [0.2, 0.25) is 0 Å². The van der Waals surface area contributed by atoms with Gasteiger partial charge in [-0.15, -0.1) is 0 Å². The molecule has 0 saturated heterocycles. The quantitative estimate of drug-likeness (QED) is 0.674. The van der Waals surface area contributed by atoms with Crippen LogP contribution in [0, 0.1) is 5.92 Å². The maximum atomic E-state index is 5.78. The van der Waals surface area contributed by atoms with Crippen LogP contribution < -0.4 is 14.8 Å². The maximum Gasteiger partial charge on any atom is 0.175 e. The number of rotatable bonds is 9. The molecule has 0 radical (unpaired) electrons. The van der Waals surface area contributed by atoms with Gasteiger partial charge in [-0.1, -0.05) is 13.8 Å². The number of methoxy groups -OCH3 is 1. The first-order chi connectivity index (χ1) is 9.58. The molecule has 0 fully saturated rings. The van der Waals surface area contributed by atoms with E-state index in [1.165, 1.54) is 5.56 Å². The van der Waals surface area contributed by atoms with Crippen LogP contribution in [-0.4, -0.2) is 32.3 Å². The van der Waals surface area contributed by atoms with Crippen molar-refractivity contribution in [1.29, 1.82) is 0 Å². The molecule has 0 aromatic heterocycles. The zero-order valence-corrected chi connectivity index (χ0v) is 15.1. The van der Waals surface area contributed by atoms with Crippen molar-refractivity contribution in [1.82, 2.24) is 5.32 Å². The summed E-state index contributed by atoms with van der Waals surface area (Å²) in [5.74, 6) is 3.18. The topological polar surface area (TPSA) is 30.5 Å². The van der Waals surface area contributed by atoms with Crippen molar-refractivity contribution >= 4 is 27.7 Å². The van der Waals surface area contributed by atoms with E-state index in [0.29, 0.717) is 12.5 Å². The molecule has 3 nitrogen and oxygen atoms in total. The predicted molar refractivity (Wildman–Crippen MR) is 91.1 cm³/mol. The van der Waals surface area contributed by atoms with Gasteiger partial charge in [0.05, 0.1) is 18.2 Å². The summed E-state index contributed by atoms with van der Waals surface area (Å²) < 4.78 is 12.2. The Balaban J connectivity index is 2.73. The van der Waals surface area contributed by atoms with E-state index in [4.69, 9.17) is 9.47 Å². The molecule has 1 N–H and O–H groups in total. The molecule has 0 amide bonds. The third-order valence-corrected chi connectivity index (χ3v) is 3.87. The fraction of sp³-hybridized carbons (Fsp3) is 0.600. The van der Waals surface area contributed by atoms with Crippen LogP contribution in [0.3, 0.4) is 0 Å². The summed E-state index contributed by atoms with van der Waals surface area (Å²) in [5.41, 5.74) is 1.19. The number of hydrogen-bond acceptors (Lipinski definition) is 4. The Bertz CT molecular complexity index is 413. The highest BCUT2D eigenvalue weighted by Crippen LogP contribution is 2.36. The fourth-order valence-corrected chi connectivity index (χ4v) is 2.60. The summed E-state index contributed by atoms with van der Waals surface area (Å²) in [6, 6.07) is 4.12. The third-order valence-electron chi connectivity index (χ3n) is 2.70. The number of nitrogens with one attached hydrogen (secondary N) is 1. The summed E-state index contributed by atoms with van der Waals surface area (Å²) in [6.45, 7) is 6.92. The molecule has 1 aromatic rings. The van der Waals surface area contributed by atoms with E-state index in [1.54, 1.807) is 18.9 Å². The molecular formula is C15H24BrNO2S. The molecule has 0 aliphatic heterocycles. The first-order valence-electron chi connectivity index (χ1n) is 6.77. The zero-order valence-electron chi connectivity index (χ0n) is 12.7. The summed E-state index contributed by atoms with van der Waals surface area (Å²) in [7, 11) is 1.68. The molecular weight excluding hydrogens is 338 g/mol. The Kier molecular flexibility index (Phi) is 8.41. The second-order valence-electron chi connectivity index (χ2n) is 4.98. The Morgan fingerprint density at radius 1 is 1.35 bits per heavy atom. The first kappa shape index (κ1) is 17.7. The van der Waals surface area contributed by atoms with Gasteiger partial charge >= 0.3 is 0 Å². The predicted octanol–water partition coefficient (Wildman–Crippen LogP) is 3.95. The molecule has 0 saturated carbocycles. The van der Waals surface area contributed by atoms with Gasteiger partial charge in [-0.05, 0) is 52.3 Å². The molecule has 1 aromatic carbocycles. The highest BCUT2D eigenvalue weighted by atomic mass is 79.9. The van der Waals surface area contributed by atoms with E-state index in [-0.39, 0.29) is 0 Å². The lowest BCUT2D eigenvalue weighted by Gasteiger charge is -2.15. The molecule has 0 bridgehead atoms. The van der Waals surface area contributed by atoms with Gasteiger partial charge in [-0.25, -0.2) is 0 Å². The average molecular weight is 362 g/mol. The number of halogens is 1. The van der Waals surface area contributed by atoms with Crippen molar-refractivity contribution in [3.63, 3.8) is 0 Å². The minimum absolute atomic E-state index is 0.648. The fourth-order valence-electron chi connectivity index (χ4n) is 1.75. The summed E-state index contributed by atoms with van der Waals surface area (Å²) in [4.78, 5) is 0. The summed E-state index contributed by atoms with van der Waals surface area (Å²) in [6.07, 6.45) is 2.07. The molecule has 0 aliphatic carbocycles. The van der Waals surface area contributed by atoms with Crippen molar-refractivity contribution in [3.05, 3.63) is 22.2 Å². The Morgan fingerprint density at radius 3 is 2.70 bits per heavy atom. The SMILES string of the molecule is COc1cc(CNCC(C)C)cc(Br)c1OCCSC. The average Bonchev–Trinajstić information content (AvgIpc) is 2.40. The third kappa shape index (κ3) is 5.94. The van der Waals surface area contributed by atoms with Gasteiger partial charge in [-0.3, -0.25) is 0 Å². The van der Waals surface area contributed by atoms with Gasteiger partial charge in [0.25, 0.3) is 0 Å². The lowest BCUT2D eigenvalue weighted by atomic mass is 10.2. The van der Waals surface area contributed by atoms with Crippen molar-refractivity contribution in [2.45, 2.75) is 20.4 Å². The number of hydrogen-bond donors (Lipinski definition) is 1. The van der Waals surface area contributed by atoms with E-state index < -0.39 is 0 Å². The van der Waals surface area contributed by atoms with Crippen LogP contribution in [0.5, 0.6) is 11.5 Å². The highest BCUT2D eigenvalue weighted by Gasteiger charge is 2.11. The lowest BCUT2D eigenvalue weighted by Crippen LogP contribution is -2.19. The number of benzene rings is 1. The van der Waals surface area contributed by atoms with Crippen LogP contribution in [0.15, 0.2) is 16.6 Å². The Morgan fingerprint density at radius 2 is 2.10 bits per heavy atom. The minimum atomic E-state index is 0.648. The lowest BCUT2D eigenvalue weighted by molar-refractivity contribution is 0.311. The molecule has 0 unspecified atom stereocenters. The normalized spacial score (nSPS) is 10.9. The van der Waals surface area contributed by atoms with Crippen LogP contribution in [0.1, 0.15) is 19.4 Å². The molecule has 20 heavy (non-hydrogen) atoms. The maximum absolute atomic E-state index is 5.78. The minimum Gasteiger partial charge on any atom is -0.493 e. The van der Waals surface area contributed by atoms with E-state index in [2.05, 4.69) is 47.4 Å². The summed E-state index contributed by atoms with van der Waals surface area (Å²) in [5, 5.41) is 3.43. The van der Waals surface area contributed by atoms with Gasteiger partial charge in [0.2, 0.25) is 0 Å². The standard InChI is InChI=1S/C15H24BrNO2S/c1-11(2)9-17-10-12-7-13(16)15(14(8-12)18-3)19-5-6-20-4/h7-8,11,17H,5-6,9-10H2,1-4H3. The highest BCUT2D eigenvalue weighted by molar-refractivity contribution is 9.10. The van der Waals surface area contributed by atoms with Crippen molar-refractivity contribution in [2.24, 2.45) is 5.92 Å². The van der Waals surface area contributed by atoms with Gasteiger partial charge in [0.15, 0.2) is 11.5 Å². The van der Waals surface area contributed by atoms with Crippen LogP contribution >= 0.6 is 27.7 Å². The second kappa shape index (κ2) is 9.53. The van der Waals surface area contributed by atoms with Crippen LogP contribution in [0.4, 0.5) is 0 Å².